The number of carboxylic acids is 1. The van der Waals surface area contributed by atoms with Crippen LogP contribution in [0, 0.1) is 11.8 Å². The largest absolute Gasteiger partial charge is 0.480 e. The third-order valence-electron chi connectivity index (χ3n) is 6.24. The number of rotatable bonds is 14. The van der Waals surface area contributed by atoms with E-state index in [2.05, 4.69) is 15.6 Å². The summed E-state index contributed by atoms with van der Waals surface area (Å²) in [4.78, 5) is 56.0. The highest BCUT2D eigenvalue weighted by Crippen LogP contribution is 2.20. The van der Waals surface area contributed by atoms with E-state index in [0.717, 1.165) is 0 Å². The molecular weight excluding hydrogens is 454 g/mol. The molecule has 5 atom stereocenters. The zero-order valence-corrected chi connectivity index (χ0v) is 21.3. The highest BCUT2D eigenvalue weighted by molar-refractivity contribution is 5.94. The van der Waals surface area contributed by atoms with Crippen LogP contribution in [-0.2, 0) is 19.2 Å². The van der Waals surface area contributed by atoms with Crippen LogP contribution in [-0.4, -0.2) is 76.9 Å². The topological polar surface area (TPSA) is 206 Å². The summed E-state index contributed by atoms with van der Waals surface area (Å²) in [5.41, 5.74) is 16.7. The Morgan fingerprint density at radius 3 is 2.31 bits per heavy atom. The van der Waals surface area contributed by atoms with Crippen LogP contribution in [0.1, 0.15) is 66.2 Å². The van der Waals surface area contributed by atoms with Gasteiger partial charge in [0, 0.05) is 13.1 Å². The van der Waals surface area contributed by atoms with Crippen LogP contribution in [0.5, 0.6) is 0 Å². The number of nitrogens with one attached hydrogen (secondary N) is 2. The van der Waals surface area contributed by atoms with Crippen molar-refractivity contribution in [3.63, 3.8) is 0 Å². The number of nitrogens with zero attached hydrogens (tertiary/aromatic N) is 2. The Morgan fingerprint density at radius 2 is 1.77 bits per heavy atom. The van der Waals surface area contributed by atoms with E-state index in [1.807, 2.05) is 27.7 Å². The van der Waals surface area contributed by atoms with E-state index in [4.69, 9.17) is 17.2 Å². The molecule has 0 aliphatic carbocycles. The van der Waals surface area contributed by atoms with Crippen LogP contribution in [0.2, 0.25) is 0 Å². The normalized spacial score (nSPS) is 18.9. The molecule has 0 aromatic rings. The van der Waals surface area contributed by atoms with Gasteiger partial charge in [-0.2, -0.15) is 0 Å². The van der Waals surface area contributed by atoms with Crippen LogP contribution >= 0.6 is 0 Å². The molecule has 0 radical (unpaired) electrons. The van der Waals surface area contributed by atoms with Gasteiger partial charge in [-0.15, -0.1) is 0 Å². The number of nitrogens with two attached hydrogens (primary N) is 3. The second kappa shape index (κ2) is 14.5. The summed E-state index contributed by atoms with van der Waals surface area (Å²) >= 11 is 0. The third kappa shape index (κ3) is 9.71. The van der Waals surface area contributed by atoms with Crippen molar-refractivity contribution in [2.45, 2.75) is 90.4 Å². The van der Waals surface area contributed by atoms with Crippen molar-refractivity contribution in [3.8, 4) is 0 Å². The summed E-state index contributed by atoms with van der Waals surface area (Å²) in [6.45, 7) is 8.17. The number of hydrogen-bond acceptors (Lipinski definition) is 6. The van der Waals surface area contributed by atoms with Crippen LogP contribution in [0.15, 0.2) is 4.99 Å². The molecule has 1 fully saturated rings. The number of guanidine groups is 1. The molecule has 0 aromatic heterocycles. The monoisotopic (exact) mass is 497 g/mol. The molecular formula is C23H43N7O5. The average Bonchev–Trinajstić information content (AvgIpc) is 3.27. The van der Waals surface area contributed by atoms with Gasteiger partial charge in [-0.3, -0.25) is 19.4 Å². The molecule has 5 unspecified atom stereocenters. The Morgan fingerprint density at radius 1 is 1.11 bits per heavy atom. The molecule has 12 heteroatoms. The van der Waals surface area contributed by atoms with Crippen molar-refractivity contribution in [2.24, 2.45) is 34.0 Å². The van der Waals surface area contributed by atoms with Gasteiger partial charge in [0.25, 0.3) is 0 Å². The standard InChI is InChI=1S/C23H43N7O5/c1-5-14(4)18(29-19(31)15(24)12-13(2)3)20(32)28-16(8-6-10-27-23(25)26)21(33)30-11-7-9-17(30)22(34)35/h13-18H,5-12,24H2,1-4H3,(H,28,32)(H,29,31)(H,34,35)(H4,25,26,27). The van der Waals surface area contributed by atoms with Gasteiger partial charge < -0.3 is 37.8 Å². The van der Waals surface area contributed by atoms with Gasteiger partial charge in [-0.25, -0.2) is 4.79 Å². The smallest absolute Gasteiger partial charge is 0.326 e. The van der Waals surface area contributed by atoms with Crippen molar-refractivity contribution in [1.29, 1.82) is 0 Å². The fourth-order valence-electron chi connectivity index (χ4n) is 4.09. The summed E-state index contributed by atoms with van der Waals surface area (Å²) in [6.07, 6.45) is 2.59. The number of carboxylic acid groups (broad SMARTS) is 1. The van der Waals surface area contributed by atoms with E-state index < -0.39 is 47.9 Å². The van der Waals surface area contributed by atoms with E-state index in [0.29, 0.717) is 38.6 Å². The highest BCUT2D eigenvalue weighted by Gasteiger charge is 2.38. The molecule has 0 saturated carbocycles. The number of amides is 3. The lowest BCUT2D eigenvalue weighted by molar-refractivity contribution is -0.149. The first-order valence-corrected chi connectivity index (χ1v) is 12.3. The van der Waals surface area contributed by atoms with Gasteiger partial charge in [0.2, 0.25) is 17.7 Å². The number of hydrogen-bond donors (Lipinski definition) is 6. The zero-order chi connectivity index (χ0) is 26.7. The summed E-state index contributed by atoms with van der Waals surface area (Å²) < 4.78 is 0. The molecule has 1 aliphatic rings. The fourth-order valence-corrected chi connectivity index (χ4v) is 4.09. The number of carbonyl (C=O) groups is 4. The third-order valence-corrected chi connectivity index (χ3v) is 6.24. The lowest BCUT2D eigenvalue weighted by Gasteiger charge is -2.30. The molecule has 9 N–H and O–H groups in total. The summed E-state index contributed by atoms with van der Waals surface area (Å²) in [6, 6.07) is -3.57. The van der Waals surface area contributed by atoms with E-state index in [1.165, 1.54) is 4.90 Å². The Labute approximate surface area is 207 Å². The van der Waals surface area contributed by atoms with Gasteiger partial charge in [-0.1, -0.05) is 34.1 Å². The molecule has 3 amide bonds. The fraction of sp³-hybridized carbons (Fsp3) is 0.783. The van der Waals surface area contributed by atoms with Gasteiger partial charge in [0.05, 0.1) is 6.04 Å². The second-order valence-electron chi connectivity index (χ2n) is 9.65. The molecule has 35 heavy (non-hydrogen) atoms. The molecule has 12 nitrogen and oxygen atoms in total. The van der Waals surface area contributed by atoms with Crippen LogP contribution < -0.4 is 27.8 Å². The molecule has 0 aromatic carbocycles. The number of aliphatic carboxylic acids is 1. The Kier molecular flexibility index (Phi) is 12.5. The maximum atomic E-state index is 13.3. The van der Waals surface area contributed by atoms with Gasteiger partial charge >= 0.3 is 5.97 Å². The van der Waals surface area contributed by atoms with Crippen molar-refractivity contribution in [3.05, 3.63) is 0 Å². The van der Waals surface area contributed by atoms with Crippen molar-refractivity contribution >= 4 is 29.7 Å². The molecule has 1 heterocycles. The molecule has 1 rings (SSSR count). The van der Waals surface area contributed by atoms with Gasteiger partial charge in [0.1, 0.15) is 18.1 Å². The first-order chi connectivity index (χ1) is 16.4. The number of aliphatic imine (C=N–C) groups is 1. The van der Waals surface area contributed by atoms with E-state index in [1.54, 1.807) is 0 Å². The minimum absolute atomic E-state index is 0.0836. The maximum absolute atomic E-state index is 13.3. The first-order valence-electron chi connectivity index (χ1n) is 12.3. The zero-order valence-electron chi connectivity index (χ0n) is 21.3. The average molecular weight is 498 g/mol. The number of likely N-dealkylation sites (tertiary alicyclic amines) is 1. The van der Waals surface area contributed by atoms with Crippen LogP contribution in [0.25, 0.3) is 0 Å². The molecule has 1 aliphatic heterocycles. The minimum Gasteiger partial charge on any atom is -0.480 e. The summed E-state index contributed by atoms with van der Waals surface area (Å²) in [5, 5.41) is 15.0. The summed E-state index contributed by atoms with van der Waals surface area (Å²) in [7, 11) is 0. The van der Waals surface area contributed by atoms with Crippen LogP contribution in [0.3, 0.4) is 0 Å². The quantitative estimate of drug-likeness (QED) is 0.104. The first kappa shape index (κ1) is 30.1. The maximum Gasteiger partial charge on any atom is 0.326 e. The molecule has 0 spiro atoms. The lowest BCUT2D eigenvalue weighted by Crippen LogP contribution is -2.58. The van der Waals surface area contributed by atoms with E-state index >= 15 is 0 Å². The van der Waals surface area contributed by atoms with E-state index in [9.17, 15) is 24.3 Å². The van der Waals surface area contributed by atoms with Crippen molar-refractivity contribution in [2.75, 3.05) is 13.1 Å². The molecule has 1 saturated heterocycles. The SMILES string of the molecule is CCC(C)C(NC(=O)C(N)CC(C)C)C(=O)NC(CCCN=C(N)N)C(=O)N1CCCC1C(=O)O. The predicted octanol–water partition coefficient (Wildman–Crippen LogP) is -0.495. The second-order valence-corrected chi connectivity index (χ2v) is 9.65. The number of carbonyl (C=O) groups excluding carboxylic acids is 3. The Hall–Kier alpha value is -2.89. The van der Waals surface area contributed by atoms with Crippen LogP contribution in [0.4, 0.5) is 0 Å². The van der Waals surface area contributed by atoms with Crippen molar-refractivity contribution in [1.82, 2.24) is 15.5 Å². The van der Waals surface area contributed by atoms with Gasteiger partial charge in [-0.05, 0) is 43.9 Å². The Balaban J connectivity index is 3.05. The minimum atomic E-state index is -1.08. The van der Waals surface area contributed by atoms with Crippen molar-refractivity contribution < 1.29 is 24.3 Å². The highest BCUT2D eigenvalue weighted by atomic mass is 16.4. The predicted molar refractivity (Wildman–Crippen MR) is 133 cm³/mol. The molecule has 0 bridgehead atoms. The molecule has 200 valence electrons. The summed E-state index contributed by atoms with van der Waals surface area (Å²) in [5.74, 6) is -2.60. The Bertz CT molecular complexity index is 769. The lowest BCUT2D eigenvalue weighted by atomic mass is 9.96. The van der Waals surface area contributed by atoms with Gasteiger partial charge in [0.15, 0.2) is 5.96 Å². The van der Waals surface area contributed by atoms with E-state index in [-0.39, 0.29) is 30.8 Å².